The molecule has 5 nitrogen and oxygen atoms in total. The van der Waals surface area contributed by atoms with Gasteiger partial charge in [-0.1, -0.05) is 41.9 Å². The zero-order valence-corrected chi connectivity index (χ0v) is 11.9. The predicted octanol–water partition coefficient (Wildman–Crippen LogP) is 2.20. The molecule has 1 aromatic carbocycles. The van der Waals surface area contributed by atoms with Crippen LogP contribution in [0.2, 0.25) is 0 Å². The van der Waals surface area contributed by atoms with E-state index in [1.165, 1.54) is 12.0 Å². The summed E-state index contributed by atoms with van der Waals surface area (Å²) in [6.07, 6.45) is 3.36. The van der Waals surface area contributed by atoms with Crippen LogP contribution in [0.4, 0.5) is 0 Å². The number of hydrogen-bond donors (Lipinski definition) is 1. The Balaban J connectivity index is 1.64. The molecule has 0 bridgehead atoms. The van der Waals surface area contributed by atoms with Crippen LogP contribution in [0.1, 0.15) is 42.6 Å². The van der Waals surface area contributed by atoms with Crippen molar-refractivity contribution in [3.8, 4) is 0 Å². The molecule has 1 aromatic heterocycles. The van der Waals surface area contributed by atoms with E-state index < -0.39 is 0 Å². The zero-order chi connectivity index (χ0) is 14.1. The molecule has 110 valence electrons. The van der Waals surface area contributed by atoms with Crippen LogP contribution in [0.25, 0.3) is 0 Å². The van der Waals surface area contributed by atoms with E-state index in [1.807, 2.05) is 6.07 Å². The minimum absolute atomic E-state index is 0.0455. The molecule has 0 spiro atoms. The fourth-order valence-electron chi connectivity index (χ4n) is 3.22. The van der Waals surface area contributed by atoms with Crippen molar-refractivity contribution in [3.63, 3.8) is 0 Å². The number of benzene rings is 1. The second-order valence-corrected chi connectivity index (χ2v) is 5.84. The van der Waals surface area contributed by atoms with Gasteiger partial charge in [0.05, 0.1) is 24.7 Å². The maximum absolute atomic E-state index is 5.62. The molecule has 21 heavy (non-hydrogen) atoms. The average Bonchev–Trinajstić information content (AvgIpc) is 2.98. The minimum atomic E-state index is -0.0813. The third-order valence-corrected chi connectivity index (χ3v) is 4.62. The molecule has 2 aromatic rings. The second kappa shape index (κ2) is 5.24. The maximum atomic E-state index is 5.62. The number of hydrogen-bond acceptors (Lipinski definition) is 5. The lowest BCUT2D eigenvalue weighted by Crippen LogP contribution is -2.37. The Hall–Kier alpha value is -1.72. The first kappa shape index (κ1) is 13.0. The molecular formula is C16H19N3O2. The van der Waals surface area contributed by atoms with Crippen molar-refractivity contribution < 1.29 is 9.26 Å². The fraction of sp³-hybridized carbons (Fsp3) is 0.500. The number of nitrogens with zero attached hydrogens (tertiary/aromatic N) is 2. The molecule has 4 rings (SSSR count). The molecular weight excluding hydrogens is 266 g/mol. The van der Waals surface area contributed by atoms with Gasteiger partial charge in [0.15, 0.2) is 5.82 Å². The average molecular weight is 285 g/mol. The van der Waals surface area contributed by atoms with E-state index in [-0.39, 0.29) is 11.5 Å². The van der Waals surface area contributed by atoms with Gasteiger partial charge < -0.3 is 14.6 Å². The second-order valence-electron chi connectivity index (χ2n) is 5.84. The van der Waals surface area contributed by atoms with Crippen LogP contribution in [0.5, 0.6) is 0 Å². The van der Waals surface area contributed by atoms with E-state index in [1.54, 1.807) is 0 Å². The highest BCUT2D eigenvalue weighted by Crippen LogP contribution is 2.48. The Kier molecular flexibility index (Phi) is 3.24. The molecule has 0 unspecified atom stereocenters. The Labute approximate surface area is 123 Å². The van der Waals surface area contributed by atoms with Crippen LogP contribution in [-0.2, 0) is 10.2 Å². The van der Waals surface area contributed by atoms with Gasteiger partial charge in [0.2, 0.25) is 5.89 Å². The van der Waals surface area contributed by atoms with E-state index in [4.69, 9.17) is 9.26 Å². The highest BCUT2D eigenvalue weighted by molar-refractivity contribution is 5.34. The summed E-state index contributed by atoms with van der Waals surface area (Å²) in [6.45, 7) is 2.19. The lowest BCUT2D eigenvalue weighted by molar-refractivity contribution is 0.0734. The zero-order valence-electron chi connectivity index (χ0n) is 11.9. The van der Waals surface area contributed by atoms with Crippen LogP contribution in [0.15, 0.2) is 34.9 Å². The molecule has 2 heterocycles. The highest BCUT2D eigenvalue weighted by atomic mass is 16.5. The normalized spacial score (nSPS) is 24.5. The third-order valence-electron chi connectivity index (χ3n) is 4.62. The van der Waals surface area contributed by atoms with Gasteiger partial charge in [-0.2, -0.15) is 4.98 Å². The Morgan fingerprint density at radius 2 is 2.05 bits per heavy atom. The molecule has 0 radical (unpaired) electrons. The van der Waals surface area contributed by atoms with Crippen LogP contribution >= 0.6 is 0 Å². The molecule has 0 amide bonds. The minimum Gasteiger partial charge on any atom is -0.378 e. The van der Waals surface area contributed by atoms with Crippen molar-refractivity contribution in [3.05, 3.63) is 47.6 Å². The largest absolute Gasteiger partial charge is 0.378 e. The Bertz CT molecular complexity index is 601. The quantitative estimate of drug-likeness (QED) is 0.937. The Morgan fingerprint density at radius 1 is 1.19 bits per heavy atom. The summed E-state index contributed by atoms with van der Waals surface area (Å²) < 4.78 is 11.1. The van der Waals surface area contributed by atoms with Gasteiger partial charge in [-0.25, -0.2) is 0 Å². The molecule has 2 fully saturated rings. The lowest BCUT2D eigenvalue weighted by atomic mass is 9.64. The number of rotatable bonds is 3. The SMILES string of the molecule is c1ccc(C2(c3nc([C@@H]4COCCN4)no3)CCC2)cc1. The van der Waals surface area contributed by atoms with Crippen molar-refractivity contribution >= 4 is 0 Å². The number of nitrogens with one attached hydrogen (secondary N) is 1. The van der Waals surface area contributed by atoms with Gasteiger partial charge in [0, 0.05) is 6.54 Å². The van der Waals surface area contributed by atoms with E-state index in [0.29, 0.717) is 12.4 Å². The lowest BCUT2D eigenvalue weighted by Gasteiger charge is -2.38. The molecule has 1 saturated heterocycles. The van der Waals surface area contributed by atoms with Crippen LogP contribution in [0, 0.1) is 0 Å². The molecule has 1 N–H and O–H groups in total. The summed E-state index contributed by atoms with van der Waals surface area (Å²) >= 11 is 0. The number of morpholine rings is 1. The third kappa shape index (κ3) is 2.17. The van der Waals surface area contributed by atoms with Gasteiger partial charge in [0.1, 0.15) is 0 Å². The first-order valence-corrected chi connectivity index (χ1v) is 7.59. The molecule has 1 aliphatic heterocycles. The Morgan fingerprint density at radius 3 is 2.71 bits per heavy atom. The van der Waals surface area contributed by atoms with Gasteiger partial charge in [-0.3, -0.25) is 0 Å². The van der Waals surface area contributed by atoms with E-state index in [0.717, 1.165) is 31.9 Å². The summed E-state index contributed by atoms with van der Waals surface area (Å²) in [5, 5.41) is 7.55. The summed E-state index contributed by atoms with van der Waals surface area (Å²) in [5.74, 6) is 1.47. The van der Waals surface area contributed by atoms with Gasteiger partial charge >= 0.3 is 0 Å². The molecule has 2 aliphatic rings. The molecule has 1 aliphatic carbocycles. The summed E-state index contributed by atoms with van der Waals surface area (Å²) in [5.41, 5.74) is 1.20. The predicted molar refractivity (Wildman–Crippen MR) is 76.9 cm³/mol. The number of ether oxygens (including phenoxy) is 1. The number of aromatic nitrogens is 2. The van der Waals surface area contributed by atoms with Crippen LogP contribution in [0.3, 0.4) is 0 Å². The summed E-state index contributed by atoms with van der Waals surface area (Å²) in [4.78, 5) is 4.68. The molecule has 1 atom stereocenters. The van der Waals surface area contributed by atoms with Crippen LogP contribution in [-0.4, -0.2) is 29.9 Å². The highest BCUT2D eigenvalue weighted by Gasteiger charge is 2.45. The topological polar surface area (TPSA) is 60.2 Å². The van der Waals surface area contributed by atoms with Crippen molar-refractivity contribution in [1.82, 2.24) is 15.5 Å². The first-order chi connectivity index (χ1) is 10.4. The van der Waals surface area contributed by atoms with Gasteiger partial charge in [-0.15, -0.1) is 0 Å². The summed E-state index contributed by atoms with van der Waals surface area (Å²) in [7, 11) is 0. The van der Waals surface area contributed by atoms with Gasteiger partial charge in [-0.05, 0) is 18.4 Å². The summed E-state index contributed by atoms with van der Waals surface area (Å²) in [6, 6.07) is 10.5. The van der Waals surface area contributed by atoms with Crippen molar-refractivity contribution in [1.29, 1.82) is 0 Å². The van der Waals surface area contributed by atoms with Crippen molar-refractivity contribution in [2.45, 2.75) is 30.7 Å². The molecule has 5 heteroatoms. The van der Waals surface area contributed by atoms with Crippen LogP contribution < -0.4 is 5.32 Å². The van der Waals surface area contributed by atoms with Crippen molar-refractivity contribution in [2.24, 2.45) is 0 Å². The fourth-order valence-corrected chi connectivity index (χ4v) is 3.22. The molecule has 1 saturated carbocycles. The van der Waals surface area contributed by atoms with Crippen molar-refractivity contribution in [2.75, 3.05) is 19.8 Å². The van der Waals surface area contributed by atoms with E-state index >= 15 is 0 Å². The van der Waals surface area contributed by atoms with E-state index in [9.17, 15) is 0 Å². The smallest absolute Gasteiger partial charge is 0.237 e. The van der Waals surface area contributed by atoms with Gasteiger partial charge in [0.25, 0.3) is 0 Å². The van der Waals surface area contributed by atoms with E-state index in [2.05, 4.69) is 39.7 Å². The maximum Gasteiger partial charge on any atom is 0.237 e. The monoisotopic (exact) mass is 285 g/mol. The standard InChI is InChI=1S/C16H19N3O2/c1-2-5-12(6-3-1)16(7-4-8-16)15-18-14(19-21-15)13-11-20-10-9-17-13/h1-3,5-6,13,17H,4,7-11H2/t13-/m0/s1. The first-order valence-electron chi connectivity index (χ1n) is 7.59.